The molecule has 0 unspecified atom stereocenters. The van der Waals surface area contributed by atoms with E-state index in [1.165, 1.54) is 4.31 Å². The zero-order chi connectivity index (χ0) is 23.4. The molecule has 33 heavy (non-hydrogen) atoms. The van der Waals surface area contributed by atoms with Crippen molar-refractivity contribution < 1.29 is 18.4 Å². The van der Waals surface area contributed by atoms with Crippen LogP contribution in [0.3, 0.4) is 0 Å². The van der Waals surface area contributed by atoms with E-state index in [-0.39, 0.29) is 24.4 Å². The molecule has 2 aromatic rings. The lowest BCUT2D eigenvalue weighted by atomic mass is 10.0. The quantitative estimate of drug-likeness (QED) is 0.497. The molecular weight excluding hydrogens is 440 g/mol. The van der Waals surface area contributed by atoms with Crippen LogP contribution in [0.2, 0.25) is 0 Å². The van der Waals surface area contributed by atoms with E-state index >= 15 is 0 Å². The molecule has 1 fully saturated rings. The van der Waals surface area contributed by atoms with E-state index in [0.717, 1.165) is 49.5 Å². The summed E-state index contributed by atoms with van der Waals surface area (Å²) in [5, 5.41) is 8.82. The summed E-state index contributed by atoms with van der Waals surface area (Å²) in [6.45, 7) is 6.99. The van der Waals surface area contributed by atoms with Gasteiger partial charge in [0.25, 0.3) is 5.91 Å². The fourth-order valence-electron chi connectivity index (χ4n) is 4.40. The highest BCUT2D eigenvalue weighted by Crippen LogP contribution is 2.35. The molecule has 2 aliphatic heterocycles. The van der Waals surface area contributed by atoms with Gasteiger partial charge in [-0.25, -0.2) is 13.9 Å². The molecule has 2 N–H and O–H groups in total. The first kappa shape index (κ1) is 23.4. The van der Waals surface area contributed by atoms with E-state index in [2.05, 4.69) is 16.7 Å². The predicted molar refractivity (Wildman–Crippen MR) is 128 cm³/mol. The van der Waals surface area contributed by atoms with Crippen LogP contribution in [-0.2, 0) is 14.8 Å². The number of nitrogens with one attached hydrogen (secondary N) is 1. The third-order valence-corrected chi connectivity index (χ3v) is 8.28. The van der Waals surface area contributed by atoms with Gasteiger partial charge >= 0.3 is 0 Å². The fraction of sp³-hybridized carbons (Fsp3) is 0.375. The molecule has 0 bridgehead atoms. The molecule has 0 spiro atoms. The van der Waals surface area contributed by atoms with Crippen LogP contribution in [0.1, 0.15) is 13.3 Å². The van der Waals surface area contributed by atoms with Gasteiger partial charge in [0.1, 0.15) is 0 Å². The third kappa shape index (κ3) is 4.96. The lowest BCUT2D eigenvalue weighted by molar-refractivity contribution is -0.125. The van der Waals surface area contributed by atoms with Crippen molar-refractivity contribution in [2.45, 2.75) is 18.2 Å². The second kappa shape index (κ2) is 10.0. The summed E-state index contributed by atoms with van der Waals surface area (Å²) in [6, 6.07) is 15.4. The molecule has 176 valence electrons. The Hall–Kier alpha value is -2.72. The largest absolute Gasteiger partial charge is 0.368 e. The Labute approximate surface area is 195 Å². The number of hydrogen-bond donors (Lipinski definition) is 2. The second-order valence-corrected chi connectivity index (χ2v) is 10.2. The van der Waals surface area contributed by atoms with Gasteiger partial charge in [-0.1, -0.05) is 49.4 Å². The number of anilines is 1. The summed E-state index contributed by atoms with van der Waals surface area (Å²) in [5.74, 6) is -0.590. The Kier molecular flexibility index (Phi) is 7.14. The van der Waals surface area contributed by atoms with Gasteiger partial charge in [0.15, 0.2) is 0 Å². The van der Waals surface area contributed by atoms with E-state index in [1.54, 1.807) is 23.7 Å². The van der Waals surface area contributed by atoms with Crippen LogP contribution in [0, 0.1) is 0 Å². The highest BCUT2D eigenvalue weighted by Gasteiger charge is 2.29. The molecule has 0 radical (unpaired) electrons. The van der Waals surface area contributed by atoms with Crippen LogP contribution in [0.15, 0.2) is 65.1 Å². The first-order chi connectivity index (χ1) is 15.9. The Morgan fingerprint density at radius 1 is 1.03 bits per heavy atom. The van der Waals surface area contributed by atoms with Gasteiger partial charge < -0.3 is 9.80 Å². The zero-order valence-electron chi connectivity index (χ0n) is 18.8. The molecular formula is C24H30N4O4S. The minimum absolute atomic E-state index is 0.0933. The molecule has 1 saturated heterocycles. The van der Waals surface area contributed by atoms with Gasteiger partial charge in [0.2, 0.25) is 10.0 Å². The number of carbonyl (C=O) groups is 1. The summed E-state index contributed by atoms with van der Waals surface area (Å²) < 4.78 is 28.2. The Balaban J connectivity index is 1.67. The summed E-state index contributed by atoms with van der Waals surface area (Å²) in [7, 11) is -3.74. The highest BCUT2D eigenvalue weighted by molar-refractivity contribution is 7.89. The van der Waals surface area contributed by atoms with Crippen molar-refractivity contribution in [1.29, 1.82) is 0 Å². The van der Waals surface area contributed by atoms with Crippen molar-refractivity contribution in [2.75, 3.05) is 50.7 Å². The van der Waals surface area contributed by atoms with Crippen LogP contribution < -0.4 is 10.4 Å². The van der Waals surface area contributed by atoms with Gasteiger partial charge in [-0.15, -0.1) is 0 Å². The first-order valence-electron chi connectivity index (χ1n) is 11.2. The van der Waals surface area contributed by atoms with Crippen molar-refractivity contribution in [3.8, 4) is 11.1 Å². The number of piperazine rings is 1. The van der Waals surface area contributed by atoms with E-state index < -0.39 is 15.9 Å². The lowest BCUT2D eigenvalue weighted by Gasteiger charge is -2.37. The standard InChI is InChI=1S/C24H30N4O4S/c1-2-26-14-16-27(17-15-26)23-18-21(8-9-22(23)19-6-4-3-5-7-19)33(31,32)28-12-10-20(11-13-28)24(29)25-30/h3-10,18,30H,2,11-17H2,1H3,(H,25,29). The number of sulfonamides is 1. The lowest BCUT2D eigenvalue weighted by Crippen LogP contribution is -2.46. The second-order valence-electron chi connectivity index (χ2n) is 8.25. The fourth-order valence-corrected chi connectivity index (χ4v) is 5.80. The number of nitrogens with zero attached hydrogens (tertiary/aromatic N) is 3. The van der Waals surface area contributed by atoms with Crippen molar-refractivity contribution in [2.24, 2.45) is 0 Å². The normalized spacial score (nSPS) is 18.1. The summed E-state index contributed by atoms with van der Waals surface area (Å²) in [5.41, 5.74) is 4.98. The van der Waals surface area contributed by atoms with Crippen LogP contribution in [0.4, 0.5) is 5.69 Å². The molecule has 2 aromatic carbocycles. The van der Waals surface area contributed by atoms with E-state index in [0.29, 0.717) is 5.57 Å². The molecule has 0 aliphatic carbocycles. The molecule has 2 heterocycles. The van der Waals surface area contributed by atoms with Crippen molar-refractivity contribution in [1.82, 2.24) is 14.7 Å². The molecule has 1 amide bonds. The highest BCUT2D eigenvalue weighted by atomic mass is 32.2. The van der Waals surface area contributed by atoms with E-state index in [9.17, 15) is 13.2 Å². The molecule has 2 aliphatic rings. The van der Waals surface area contributed by atoms with Crippen LogP contribution in [0.25, 0.3) is 11.1 Å². The molecule has 0 aromatic heterocycles. The number of rotatable bonds is 6. The minimum atomic E-state index is -3.74. The summed E-state index contributed by atoms with van der Waals surface area (Å²) in [6.07, 6.45) is 1.80. The van der Waals surface area contributed by atoms with Crippen molar-refractivity contribution in [3.63, 3.8) is 0 Å². The molecule has 0 saturated carbocycles. The average Bonchev–Trinajstić information content (AvgIpc) is 2.88. The number of likely N-dealkylation sites (N-methyl/N-ethyl adjacent to an activating group) is 1. The topological polar surface area (TPSA) is 93.2 Å². The average molecular weight is 471 g/mol. The monoisotopic (exact) mass is 470 g/mol. The number of amides is 1. The predicted octanol–water partition coefficient (Wildman–Crippen LogP) is 2.32. The van der Waals surface area contributed by atoms with E-state index in [1.807, 2.05) is 36.4 Å². The Bertz CT molecular complexity index is 1130. The number of hydrogen-bond acceptors (Lipinski definition) is 6. The first-order valence-corrected chi connectivity index (χ1v) is 12.7. The number of carbonyl (C=O) groups excluding carboxylic acids is 1. The van der Waals surface area contributed by atoms with Crippen LogP contribution in [-0.4, -0.2) is 74.6 Å². The van der Waals surface area contributed by atoms with Crippen LogP contribution >= 0.6 is 0 Å². The van der Waals surface area contributed by atoms with Crippen LogP contribution in [0.5, 0.6) is 0 Å². The number of hydroxylamine groups is 1. The molecule has 4 rings (SSSR count). The molecule has 0 atom stereocenters. The van der Waals surface area contributed by atoms with Gasteiger partial charge in [-0.2, -0.15) is 4.31 Å². The van der Waals surface area contributed by atoms with E-state index in [4.69, 9.17) is 5.21 Å². The van der Waals surface area contributed by atoms with Gasteiger partial charge in [-0.3, -0.25) is 10.0 Å². The van der Waals surface area contributed by atoms with Gasteiger partial charge in [0.05, 0.1) is 4.90 Å². The van der Waals surface area contributed by atoms with Crippen molar-refractivity contribution >= 4 is 21.6 Å². The van der Waals surface area contributed by atoms with Gasteiger partial charge in [-0.05, 0) is 30.7 Å². The zero-order valence-corrected chi connectivity index (χ0v) is 19.6. The minimum Gasteiger partial charge on any atom is -0.368 e. The summed E-state index contributed by atoms with van der Waals surface area (Å²) >= 11 is 0. The Morgan fingerprint density at radius 2 is 1.76 bits per heavy atom. The maximum Gasteiger partial charge on any atom is 0.270 e. The maximum atomic E-state index is 13.4. The Morgan fingerprint density at radius 3 is 2.36 bits per heavy atom. The van der Waals surface area contributed by atoms with Crippen molar-refractivity contribution in [3.05, 3.63) is 60.2 Å². The molecule has 9 heteroatoms. The third-order valence-electron chi connectivity index (χ3n) is 6.42. The summed E-state index contributed by atoms with van der Waals surface area (Å²) in [4.78, 5) is 16.5. The SMILES string of the molecule is CCN1CCN(c2cc(S(=O)(=O)N3CC=C(C(=O)NO)CC3)ccc2-c2ccccc2)CC1. The smallest absolute Gasteiger partial charge is 0.270 e. The number of benzene rings is 2. The molecule has 8 nitrogen and oxygen atoms in total. The maximum absolute atomic E-state index is 13.4. The van der Waals surface area contributed by atoms with Gasteiger partial charge in [0, 0.05) is 56.1 Å².